The summed E-state index contributed by atoms with van der Waals surface area (Å²) in [6.45, 7) is 4.32. The van der Waals surface area contributed by atoms with Crippen molar-refractivity contribution in [2.24, 2.45) is 0 Å². The van der Waals surface area contributed by atoms with E-state index >= 15 is 0 Å². The van der Waals surface area contributed by atoms with Crippen LogP contribution >= 0.6 is 27.5 Å². The van der Waals surface area contributed by atoms with Crippen LogP contribution < -0.4 is 4.74 Å². The molecular weight excluding hydrogens is 324 g/mol. The summed E-state index contributed by atoms with van der Waals surface area (Å²) in [7, 11) is 0. The van der Waals surface area contributed by atoms with E-state index in [1.807, 2.05) is 36.4 Å². The molecule has 0 radical (unpaired) electrons. The van der Waals surface area contributed by atoms with Crippen molar-refractivity contribution < 1.29 is 4.74 Å². The smallest absolute Gasteiger partial charge is 0.132 e. The minimum atomic E-state index is 0.419. The molecule has 0 saturated carbocycles. The summed E-state index contributed by atoms with van der Waals surface area (Å²) in [6.07, 6.45) is 0. The first-order chi connectivity index (χ1) is 9.11. The van der Waals surface area contributed by atoms with Gasteiger partial charge in [-0.25, -0.2) is 0 Å². The van der Waals surface area contributed by atoms with Gasteiger partial charge in [0.25, 0.3) is 0 Å². The van der Waals surface area contributed by atoms with Crippen LogP contribution in [0.5, 0.6) is 11.5 Å². The summed E-state index contributed by atoms with van der Waals surface area (Å²) in [5.74, 6) is 2.11. The summed E-state index contributed by atoms with van der Waals surface area (Å²) in [5, 5.41) is 1.42. The number of hydrogen-bond donors (Lipinski definition) is 0. The van der Waals surface area contributed by atoms with Crippen molar-refractivity contribution in [3.8, 4) is 11.5 Å². The van der Waals surface area contributed by atoms with E-state index in [0.29, 0.717) is 10.9 Å². The molecule has 0 spiro atoms. The Kier molecular flexibility index (Phi) is 4.89. The molecular formula is C16H16BrClO. The lowest BCUT2D eigenvalue weighted by Gasteiger charge is -2.15. The van der Waals surface area contributed by atoms with Crippen LogP contribution in [0.15, 0.2) is 42.5 Å². The fraction of sp³-hybridized carbons (Fsp3) is 0.250. The highest BCUT2D eigenvalue weighted by atomic mass is 79.9. The molecule has 0 aliphatic heterocycles. The topological polar surface area (TPSA) is 9.23 Å². The summed E-state index contributed by atoms with van der Waals surface area (Å²) in [4.78, 5) is 0. The Balaban J connectivity index is 2.38. The van der Waals surface area contributed by atoms with Gasteiger partial charge in [-0.3, -0.25) is 0 Å². The van der Waals surface area contributed by atoms with E-state index in [1.165, 1.54) is 5.56 Å². The lowest BCUT2D eigenvalue weighted by Crippen LogP contribution is -1.95. The molecule has 0 atom stereocenters. The van der Waals surface area contributed by atoms with Crippen molar-refractivity contribution in [1.82, 2.24) is 0 Å². The minimum absolute atomic E-state index is 0.419. The Labute approximate surface area is 127 Å². The van der Waals surface area contributed by atoms with E-state index in [-0.39, 0.29) is 0 Å². The number of ether oxygens (including phenoxy) is 1. The molecule has 2 aromatic rings. The number of halogens is 2. The van der Waals surface area contributed by atoms with Gasteiger partial charge >= 0.3 is 0 Å². The molecule has 0 aliphatic rings. The van der Waals surface area contributed by atoms with E-state index in [0.717, 1.165) is 22.4 Å². The highest BCUT2D eigenvalue weighted by Gasteiger charge is 2.10. The van der Waals surface area contributed by atoms with Crippen molar-refractivity contribution in [1.29, 1.82) is 0 Å². The average molecular weight is 340 g/mol. The molecule has 1 nitrogen and oxygen atoms in total. The summed E-state index contributed by atoms with van der Waals surface area (Å²) < 4.78 is 6.06. The Hall–Kier alpha value is -0.990. The maximum Gasteiger partial charge on any atom is 0.132 e. The van der Waals surface area contributed by atoms with E-state index in [4.69, 9.17) is 16.3 Å². The number of alkyl halides is 1. The lowest BCUT2D eigenvalue weighted by atomic mass is 10.0. The number of hydrogen-bond acceptors (Lipinski definition) is 1. The number of benzene rings is 2. The molecule has 2 rings (SSSR count). The molecule has 0 bridgehead atoms. The van der Waals surface area contributed by atoms with Gasteiger partial charge in [-0.05, 0) is 29.7 Å². The van der Waals surface area contributed by atoms with E-state index in [2.05, 4.69) is 35.8 Å². The van der Waals surface area contributed by atoms with Gasteiger partial charge in [0.05, 0.1) is 0 Å². The van der Waals surface area contributed by atoms with E-state index in [1.54, 1.807) is 0 Å². The first kappa shape index (κ1) is 14.4. The van der Waals surface area contributed by atoms with Crippen molar-refractivity contribution in [3.63, 3.8) is 0 Å². The highest BCUT2D eigenvalue weighted by molar-refractivity contribution is 9.08. The Morgan fingerprint density at radius 1 is 1.11 bits per heavy atom. The third kappa shape index (κ3) is 3.52. The zero-order valence-electron chi connectivity index (χ0n) is 11.0. The fourth-order valence-electron chi connectivity index (χ4n) is 1.90. The average Bonchev–Trinajstić information content (AvgIpc) is 2.39. The van der Waals surface area contributed by atoms with Gasteiger partial charge in [-0.2, -0.15) is 0 Å². The summed E-state index contributed by atoms with van der Waals surface area (Å²) >= 11 is 9.52. The third-order valence-electron chi connectivity index (χ3n) is 2.93. The van der Waals surface area contributed by atoms with Crippen LogP contribution in [-0.4, -0.2) is 0 Å². The molecule has 0 aromatic heterocycles. The molecule has 0 aliphatic carbocycles. The molecule has 0 saturated heterocycles. The Bertz CT molecular complexity index is 566. The quantitative estimate of drug-likeness (QED) is 0.607. The molecule has 3 heteroatoms. The molecule has 0 amide bonds. The monoisotopic (exact) mass is 338 g/mol. The first-order valence-corrected chi connectivity index (χ1v) is 7.73. The minimum Gasteiger partial charge on any atom is -0.457 e. The van der Waals surface area contributed by atoms with Crippen molar-refractivity contribution in [2.45, 2.75) is 25.1 Å². The maximum atomic E-state index is 6.06. The molecule has 0 N–H and O–H groups in total. The second-order valence-corrected chi connectivity index (χ2v) is 5.68. The van der Waals surface area contributed by atoms with Gasteiger partial charge in [0.1, 0.15) is 11.5 Å². The van der Waals surface area contributed by atoms with Gasteiger partial charge in [0.2, 0.25) is 0 Å². The molecule has 19 heavy (non-hydrogen) atoms. The second-order valence-electron chi connectivity index (χ2n) is 4.68. The standard InChI is InChI=1S/C16H16BrClO/c1-11(2)14-5-3-4-6-15(14)19-16-9-13(18)8-7-12(16)10-17/h3-9,11H,10H2,1-2H3. The van der Waals surface area contributed by atoms with Crippen LogP contribution in [0.2, 0.25) is 5.02 Å². The Morgan fingerprint density at radius 3 is 2.53 bits per heavy atom. The van der Waals surface area contributed by atoms with Crippen molar-refractivity contribution in [2.75, 3.05) is 0 Å². The molecule has 100 valence electrons. The third-order valence-corrected chi connectivity index (χ3v) is 3.77. The Morgan fingerprint density at radius 2 is 1.84 bits per heavy atom. The first-order valence-electron chi connectivity index (χ1n) is 6.23. The molecule has 2 aromatic carbocycles. The predicted octanol–water partition coefficient (Wildman–Crippen LogP) is 6.15. The van der Waals surface area contributed by atoms with Crippen LogP contribution in [0.4, 0.5) is 0 Å². The van der Waals surface area contributed by atoms with E-state index in [9.17, 15) is 0 Å². The predicted molar refractivity (Wildman–Crippen MR) is 84.7 cm³/mol. The van der Waals surface area contributed by atoms with Gasteiger partial charge in [0, 0.05) is 15.9 Å². The summed E-state index contributed by atoms with van der Waals surface area (Å²) in [5.41, 5.74) is 2.28. The molecule has 0 unspecified atom stereocenters. The zero-order chi connectivity index (χ0) is 13.8. The van der Waals surface area contributed by atoms with Gasteiger partial charge in [-0.1, -0.05) is 65.6 Å². The van der Waals surface area contributed by atoms with Gasteiger partial charge < -0.3 is 4.74 Å². The van der Waals surface area contributed by atoms with Crippen LogP contribution in [0, 0.1) is 0 Å². The number of para-hydroxylation sites is 1. The van der Waals surface area contributed by atoms with Gasteiger partial charge in [0.15, 0.2) is 0 Å². The van der Waals surface area contributed by atoms with Crippen LogP contribution in [0.25, 0.3) is 0 Å². The molecule has 0 fully saturated rings. The van der Waals surface area contributed by atoms with Crippen molar-refractivity contribution in [3.05, 3.63) is 58.6 Å². The zero-order valence-corrected chi connectivity index (χ0v) is 13.3. The van der Waals surface area contributed by atoms with Crippen LogP contribution in [0.3, 0.4) is 0 Å². The second kappa shape index (κ2) is 6.44. The lowest BCUT2D eigenvalue weighted by molar-refractivity contribution is 0.469. The fourth-order valence-corrected chi connectivity index (χ4v) is 2.53. The molecule has 0 heterocycles. The highest BCUT2D eigenvalue weighted by Crippen LogP contribution is 2.34. The number of rotatable bonds is 4. The maximum absolute atomic E-state index is 6.06. The van der Waals surface area contributed by atoms with Crippen LogP contribution in [0.1, 0.15) is 30.9 Å². The van der Waals surface area contributed by atoms with Crippen LogP contribution in [-0.2, 0) is 5.33 Å². The SMILES string of the molecule is CC(C)c1ccccc1Oc1cc(Cl)ccc1CBr. The normalized spacial score (nSPS) is 10.8. The van der Waals surface area contributed by atoms with Crippen molar-refractivity contribution >= 4 is 27.5 Å². The van der Waals surface area contributed by atoms with Gasteiger partial charge in [-0.15, -0.1) is 0 Å². The summed E-state index contributed by atoms with van der Waals surface area (Å²) in [6, 6.07) is 13.8. The van der Waals surface area contributed by atoms with E-state index < -0.39 is 0 Å². The largest absolute Gasteiger partial charge is 0.457 e.